The van der Waals surface area contributed by atoms with Crippen LogP contribution in [0.25, 0.3) is 0 Å². The zero-order chi connectivity index (χ0) is 18.5. The maximum Gasteiger partial charge on any atom is 0.234 e. The minimum Gasteiger partial charge on any atom is -0.369 e. The van der Waals surface area contributed by atoms with Gasteiger partial charge in [-0.2, -0.15) is 0 Å². The highest BCUT2D eigenvalue weighted by Gasteiger charge is 2.20. The van der Waals surface area contributed by atoms with E-state index < -0.39 is 0 Å². The van der Waals surface area contributed by atoms with Crippen molar-refractivity contribution in [3.05, 3.63) is 64.7 Å². The van der Waals surface area contributed by atoms with Crippen LogP contribution in [0.3, 0.4) is 0 Å². The molecule has 2 aromatic carbocycles. The third-order valence-corrected chi connectivity index (χ3v) is 5.20. The standard InChI is InChI=1S/C21H26ClN3O/c1-16-6-5-7-18(14-16)25-12-10-24(11-13-25)15-21(26)23-17(2)19-8-3-4-9-20(19)22/h3-9,14,17H,10-13,15H2,1-2H3,(H,23,26). The van der Waals surface area contributed by atoms with Crippen molar-refractivity contribution in [2.75, 3.05) is 37.6 Å². The quantitative estimate of drug-likeness (QED) is 0.871. The van der Waals surface area contributed by atoms with Gasteiger partial charge in [-0.1, -0.05) is 41.9 Å². The lowest BCUT2D eigenvalue weighted by atomic mass is 10.1. The molecule has 0 bridgehead atoms. The van der Waals surface area contributed by atoms with E-state index in [9.17, 15) is 4.79 Å². The van der Waals surface area contributed by atoms with Gasteiger partial charge in [0.05, 0.1) is 12.6 Å². The van der Waals surface area contributed by atoms with Crippen LogP contribution in [0.5, 0.6) is 0 Å². The largest absolute Gasteiger partial charge is 0.369 e. The lowest BCUT2D eigenvalue weighted by molar-refractivity contribution is -0.123. The van der Waals surface area contributed by atoms with Gasteiger partial charge < -0.3 is 10.2 Å². The van der Waals surface area contributed by atoms with E-state index in [4.69, 9.17) is 11.6 Å². The fourth-order valence-electron chi connectivity index (χ4n) is 3.38. The van der Waals surface area contributed by atoms with Crippen LogP contribution < -0.4 is 10.2 Å². The van der Waals surface area contributed by atoms with E-state index in [1.807, 2.05) is 31.2 Å². The Labute approximate surface area is 160 Å². The molecule has 0 spiro atoms. The van der Waals surface area contributed by atoms with E-state index in [1.54, 1.807) is 0 Å². The van der Waals surface area contributed by atoms with Gasteiger partial charge in [0.25, 0.3) is 0 Å². The maximum atomic E-state index is 12.4. The number of piperazine rings is 1. The smallest absolute Gasteiger partial charge is 0.234 e. The summed E-state index contributed by atoms with van der Waals surface area (Å²) in [7, 11) is 0. The number of carbonyl (C=O) groups is 1. The Bertz CT molecular complexity index is 756. The van der Waals surface area contributed by atoms with Crippen molar-refractivity contribution < 1.29 is 4.79 Å². The van der Waals surface area contributed by atoms with E-state index in [0.29, 0.717) is 11.6 Å². The minimum atomic E-state index is -0.0928. The van der Waals surface area contributed by atoms with Gasteiger partial charge in [-0.15, -0.1) is 0 Å². The molecule has 1 aliphatic rings. The van der Waals surface area contributed by atoms with Gasteiger partial charge in [0, 0.05) is 36.9 Å². The van der Waals surface area contributed by atoms with E-state index in [2.05, 4.69) is 46.3 Å². The Balaban J connectivity index is 1.48. The topological polar surface area (TPSA) is 35.6 Å². The molecule has 4 nitrogen and oxygen atoms in total. The van der Waals surface area contributed by atoms with Gasteiger partial charge in [0.1, 0.15) is 0 Å². The molecule has 0 aliphatic carbocycles. The number of rotatable bonds is 5. The van der Waals surface area contributed by atoms with Gasteiger partial charge in [0.15, 0.2) is 0 Å². The third-order valence-electron chi connectivity index (χ3n) is 4.86. The number of aryl methyl sites for hydroxylation is 1. The number of halogens is 1. The van der Waals surface area contributed by atoms with Gasteiger partial charge in [-0.3, -0.25) is 9.69 Å². The van der Waals surface area contributed by atoms with Crippen LogP contribution >= 0.6 is 11.6 Å². The number of amides is 1. The number of hydrogen-bond acceptors (Lipinski definition) is 3. The Hall–Kier alpha value is -2.04. The molecular formula is C21H26ClN3O. The predicted octanol–water partition coefficient (Wildman–Crippen LogP) is 3.65. The summed E-state index contributed by atoms with van der Waals surface area (Å²) < 4.78 is 0. The summed E-state index contributed by atoms with van der Waals surface area (Å²) in [6, 6.07) is 16.1. The summed E-state index contributed by atoms with van der Waals surface area (Å²) in [4.78, 5) is 17.0. The minimum absolute atomic E-state index is 0.0430. The molecular weight excluding hydrogens is 346 g/mol. The number of carbonyl (C=O) groups excluding carboxylic acids is 1. The fourth-order valence-corrected chi connectivity index (χ4v) is 3.68. The van der Waals surface area contributed by atoms with Crippen LogP contribution in [0.2, 0.25) is 5.02 Å². The molecule has 1 heterocycles. The highest BCUT2D eigenvalue weighted by atomic mass is 35.5. The molecule has 5 heteroatoms. The summed E-state index contributed by atoms with van der Waals surface area (Å²) in [5, 5.41) is 3.74. The first kappa shape index (κ1) is 18.7. The first-order valence-corrected chi connectivity index (χ1v) is 9.48. The molecule has 0 saturated carbocycles. The highest BCUT2D eigenvalue weighted by Crippen LogP contribution is 2.22. The lowest BCUT2D eigenvalue weighted by Crippen LogP contribution is -2.49. The number of benzene rings is 2. The maximum absolute atomic E-state index is 12.4. The Kier molecular flexibility index (Phi) is 6.17. The first-order chi connectivity index (χ1) is 12.5. The van der Waals surface area contributed by atoms with Crippen LogP contribution in [0, 0.1) is 6.92 Å². The number of hydrogen-bond donors (Lipinski definition) is 1. The molecule has 1 unspecified atom stereocenters. The Morgan fingerprint density at radius 3 is 2.54 bits per heavy atom. The first-order valence-electron chi connectivity index (χ1n) is 9.10. The second kappa shape index (κ2) is 8.56. The monoisotopic (exact) mass is 371 g/mol. The van der Waals surface area contributed by atoms with Crippen molar-refractivity contribution in [2.24, 2.45) is 0 Å². The number of anilines is 1. The summed E-state index contributed by atoms with van der Waals surface area (Å²) in [5.41, 5.74) is 3.49. The SMILES string of the molecule is Cc1cccc(N2CCN(CC(=O)NC(C)c3ccccc3Cl)CC2)c1. The van der Waals surface area contributed by atoms with E-state index in [-0.39, 0.29) is 11.9 Å². The molecule has 1 saturated heterocycles. The summed E-state index contributed by atoms with van der Waals surface area (Å²) in [6.45, 7) is 8.17. The van der Waals surface area contributed by atoms with Crippen LogP contribution in [-0.4, -0.2) is 43.5 Å². The van der Waals surface area contributed by atoms with Crippen molar-refractivity contribution in [2.45, 2.75) is 19.9 Å². The molecule has 0 aromatic heterocycles. The Morgan fingerprint density at radius 1 is 1.12 bits per heavy atom. The molecule has 3 rings (SSSR count). The normalized spacial score (nSPS) is 16.3. The second-order valence-corrected chi connectivity index (χ2v) is 7.32. The van der Waals surface area contributed by atoms with Crippen molar-refractivity contribution >= 4 is 23.2 Å². The van der Waals surface area contributed by atoms with Crippen molar-refractivity contribution in [1.29, 1.82) is 0 Å². The predicted molar refractivity (Wildman–Crippen MR) is 108 cm³/mol. The van der Waals surface area contributed by atoms with Crippen molar-refractivity contribution in [3.8, 4) is 0 Å². The number of nitrogens with one attached hydrogen (secondary N) is 1. The zero-order valence-corrected chi connectivity index (χ0v) is 16.2. The number of nitrogens with zero attached hydrogens (tertiary/aromatic N) is 2. The fraction of sp³-hybridized carbons (Fsp3) is 0.381. The molecule has 1 fully saturated rings. The molecule has 138 valence electrons. The van der Waals surface area contributed by atoms with Crippen molar-refractivity contribution in [3.63, 3.8) is 0 Å². The highest BCUT2D eigenvalue weighted by molar-refractivity contribution is 6.31. The summed E-state index contributed by atoms with van der Waals surface area (Å²) in [5.74, 6) is 0.0430. The van der Waals surface area contributed by atoms with Crippen LogP contribution in [-0.2, 0) is 4.79 Å². The average molecular weight is 372 g/mol. The van der Waals surface area contributed by atoms with E-state index >= 15 is 0 Å². The average Bonchev–Trinajstić information content (AvgIpc) is 2.62. The Morgan fingerprint density at radius 2 is 1.85 bits per heavy atom. The molecule has 0 radical (unpaired) electrons. The van der Waals surface area contributed by atoms with Crippen LogP contribution in [0.15, 0.2) is 48.5 Å². The molecule has 1 atom stereocenters. The molecule has 2 aromatic rings. The van der Waals surface area contributed by atoms with E-state index in [0.717, 1.165) is 31.7 Å². The molecule has 1 aliphatic heterocycles. The van der Waals surface area contributed by atoms with E-state index in [1.165, 1.54) is 11.3 Å². The summed E-state index contributed by atoms with van der Waals surface area (Å²) in [6.07, 6.45) is 0. The summed E-state index contributed by atoms with van der Waals surface area (Å²) >= 11 is 6.21. The van der Waals surface area contributed by atoms with Gasteiger partial charge in [-0.05, 0) is 43.2 Å². The second-order valence-electron chi connectivity index (χ2n) is 6.91. The molecule has 1 amide bonds. The molecule has 1 N–H and O–H groups in total. The van der Waals surface area contributed by atoms with Crippen molar-refractivity contribution in [1.82, 2.24) is 10.2 Å². The van der Waals surface area contributed by atoms with Gasteiger partial charge >= 0.3 is 0 Å². The molecule has 26 heavy (non-hydrogen) atoms. The van der Waals surface area contributed by atoms with Gasteiger partial charge in [0.2, 0.25) is 5.91 Å². The zero-order valence-electron chi connectivity index (χ0n) is 15.4. The third kappa shape index (κ3) is 4.77. The van der Waals surface area contributed by atoms with Crippen LogP contribution in [0.1, 0.15) is 24.1 Å². The lowest BCUT2D eigenvalue weighted by Gasteiger charge is -2.36. The van der Waals surface area contributed by atoms with Crippen LogP contribution in [0.4, 0.5) is 5.69 Å². The van der Waals surface area contributed by atoms with Gasteiger partial charge in [-0.25, -0.2) is 0 Å².